The van der Waals surface area contributed by atoms with Crippen molar-refractivity contribution < 1.29 is 9.53 Å². The van der Waals surface area contributed by atoms with E-state index in [0.29, 0.717) is 16.3 Å². The fourth-order valence-electron chi connectivity index (χ4n) is 2.76. The van der Waals surface area contributed by atoms with Crippen LogP contribution in [0, 0.1) is 0 Å². The maximum Gasteiger partial charge on any atom is 0.211 e. The third-order valence-corrected chi connectivity index (χ3v) is 5.62. The first-order valence-corrected chi connectivity index (χ1v) is 9.76. The standard InChI is InChI=1S/C18H22ClN3O2S/c1-21-16(17(23)14-3-5-15(19)6-4-14)13-20-18(21)25-12-2-7-22-8-10-24-11-9-22/h3-6,13H,2,7-12H2,1H3. The van der Waals surface area contributed by atoms with Gasteiger partial charge >= 0.3 is 0 Å². The molecular formula is C18H22ClN3O2S. The van der Waals surface area contributed by atoms with Gasteiger partial charge in [0.25, 0.3) is 0 Å². The summed E-state index contributed by atoms with van der Waals surface area (Å²) < 4.78 is 7.23. The molecule has 7 heteroatoms. The number of rotatable bonds is 7. The van der Waals surface area contributed by atoms with E-state index in [1.807, 2.05) is 11.6 Å². The van der Waals surface area contributed by atoms with Crippen LogP contribution in [0.2, 0.25) is 5.02 Å². The van der Waals surface area contributed by atoms with Gasteiger partial charge in [0.05, 0.1) is 19.4 Å². The number of carbonyl (C=O) groups excluding carboxylic acids is 1. The molecule has 2 heterocycles. The highest BCUT2D eigenvalue weighted by Crippen LogP contribution is 2.21. The van der Waals surface area contributed by atoms with E-state index in [1.54, 1.807) is 42.2 Å². The lowest BCUT2D eigenvalue weighted by Gasteiger charge is -2.26. The molecule has 1 aliphatic rings. The van der Waals surface area contributed by atoms with Crippen LogP contribution in [0.25, 0.3) is 0 Å². The lowest BCUT2D eigenvalue weighted by atomic mass is 10.1. The zero-order valence-electron chi connectivity index (χ0n) is 14.3. The van der Waals surface area contributed by atoms with Crippen molar-refractivity contribution in [1.29, 1.82) is 0 Å². The van der Waals surface area contributed by atoms with Crippen LogP contribution >= 0.6 is 23.4 Å². The molecule has 3 rings (SSSR count). The molecule has 1 aromatic carbocycles. The van der Waals surface area contributed by atoms with E-state index in [0.717, 1.165) is 50.2 Å². The molecule has 5 nitrogen and oxygen atoms in total. The third kappa shape index (κ3) is 4.85. The number of nitrogens with zero attached hydrogens (tertiary/aromatic N) is 3. The molecule has 0 atom stereocenters. The van der Waals surface area contributed by atoms with Gasteiger partial charge < -0.3 is 9.30 Å². The van der Waals surface area contributed by atoms with E-state index >= 15 is 0 Å². The van der Waals surface area contributed by atoms with Gasteiger partial charge in [0.15, 0.2) is 5.16 Å². The first-order valence-electron chi connectivity index (χ1n) is 8.40. The average molecular weight is 380 g/mol. The second-order valence-electron chi connectivity index (χ2n) is 5.98. The molecule has 134 valence electrons. The Labute approximate surface area is 157 Å². The van der Waals surface area contributed by atoms with Crippen molar-refractivity contribution >= 4 is 29.1 Å². The molecule has 1 aliphatic heterocycles. The summed E-state index contributed by atoms with van der Waals surface area (Å²) >= 11 is 7.57. The molecule has 0 bridgehead atoms. The Kier molecular flexibility index (Phi) is 6.53. The fraction of sp³-hybridized carbons (Fsp3) is 0.444. The summed E-state index contributed by atoms with van der Waals surface area (Å²) in [6, 6.07) is 6.94. The lowest BCUT2D eigenvalue weighted by molar-refractivity contribution is 0.0381. The monoisotopic (exact) mass is 379 g/mol. The Morgan fingerprint density at radius 1 is 1.28 bits per heavy atom. The molecule has 1 fully saturated rings. The predicted octanol–water partition coefficient (Wildman–Crippen LogP) is 3.12. The van der Waals surface area contributed by atoms with Gasteiger partial charge in [-0.2, -0.15) is 0 Å². The molecule has 0 radical (unpaired) electrons. The highest BCUT2D eigenvalue weighted by Gasteiger charge is 2.16. The fourth-order valence-corrected chi connectivity index (χ4v) is 3.76. The Hall–Kier alpha value is -1.34. The second-order valence-corrected chi connectivity index (χ2v) is 7.48. The molecular weight excluding hydrogens is 358 g/mol. The van der Waals surface area contributed by atoms with Gasteiger partial charge in [-0.05, 0) is 37.2 Å². The summed E-state index contributed by atoms with van der Waals surface area (Å²) in [5, 5.41) is 1.50. The van der Waals surface area contributed by atoms with Gasteiger partial charge in [0, 0.05) is 36.5 Å². The minimum atomic E-state index is -0.0353. The minimum Gasteiger partial charge on any atom is -0.379 e. The smallest absolute Gasteiger partial charge is 0.211 e. The first kappa shape index (κ1) is 18.5. The molecule has 0 spiro atoms. The van der Waals surface area contributed by atoms with Gasteiger partial charge in [0.1, 0.15) is 5.69 Å². The number of thioether (sulfide) groups is 1. The number of benzene rings is 1. The van der Waals surface area contributed by atoms with Crippen molar-refractivity contribution in [1.82, 2.24) is 14.5 Å². The van der Waals surface area contributed by atoms with Gasteiger partial charge in [0.2, 0.25) is 5.78 Å². The molecule has 1 saturated heterocycles. The van der Waals surface area contributed by atoms with Gasteiger partial charge in [-0.3, -0.25) is 9.69 Å². The first-order chi connectivity index (χ1) is 12.1. The summed E-state index contributed by atoms with van der Waals surface area (Å²) in [4.78, 5) is 19.4. The maximum absolute atomic E-state index is 12.6. The Morgan fingerprint density at radius 2 is 2.00 bits per heavy atom. The van der Waals surface area contributed by atoms with E-state index in [9.17, 15) is 4.79 Å². The second kappa shape index (κ2) is 8.85. The summed E-state index contributed by atoms with van der Waals surface area (Å²) in [7, 11) is 1.89. The maximum atomic E-state index is 12.6. The summed E-state index contributed by atoms with van der Waals surface area (Å²) in [6.07, 6.45) is 2.75. The van der Waals surface area contributed by atoms with E-state index in [1.165, 1.54) is 0 Å². The summed E-state index contributed by atoms with van der Waals surface area (Å²) in [6.45, 7) is 4.79. The number of halogens is 1. The van der Waals surface area contributed by atoms with Crippen LogP contribution in [0.1, 0.15) is 22.5 Å². The molecule has 0 N–H and O–H groups in total. The number of hydrogen-bond acceptors (Lipinski definition) is 5. The largest absolute Gasteiger partial charge is 0.379 e. The minimum absolute atomic E-state index is 0.0353. The van der Waals surface area contributed by atoms with Crippen LogP contribution in [0.15, 0.2) is 35.6 Å². The van der Waals surface area contributed by atoms with Crippen molar-refractivity contribution in [3.8, 4) is 0 Å². The lowest BCUT2D eigenvalue weighted by Crippen LogP contribution is -2.36. The summed E-state index contributed by atoms with van der Waals surface area (Å²) in [5.41, 5.74) is 1.22. The molecule has 0 unspecified atom stereocenters. The van der Waals surface area contributed by atoms with E-state index < -0.39 is 0 Å². The highest BCUT2D eigenvalue weighted by atomic mass is 35.5. The van der Waals surface area contributed by atoms with E-state index in [-0.39, 0.29) is 5.78 Å². The topological polar surface area (TPSA) is 47.4 Å². The average Bonchev–Trinajstić information content (AvgIpc) is 3.00. The van der Waals surface area contributed by atoms with Gasteiger partial charge in [-0.15, -0.1) is 0 Å². The van der Waals surface area contributed by atoms with Gasteiger partial charge in [-0.25, -0.2) is 4.98 Å². The number of hydrogen-bond donors (Lipinski definition) is 0. The van der Waals surface area contributed by atoms with Crippen LogP contribution in [0.3, 0.4) is 0 Å². The number of imidazole rings is 1. The number of ether oxygens (including phenoxy) is 1. The molecule has 0 amide bonds. The van der Waals surface area contributed by atoms with Crippen LogP contribution in [-0.4, -0.2) is 58.8 Å². The van der Waals surface area contributed by atoms with Crippen molar-refractivity contribution in [2.75, 3.05) is 38.6 Å². The molecule has 2 aromatic rings. The Balaban J connectivity index is 1.53. The van der Waals surface area contributed by atoms with E-state index in [4.69, 9.17) is 16.3 Å². The number of aromatic nitrogens is 2. The van der Waals surface area contributed by atoms with Crippen molar-refractivity contribution in [2.45, 2.75) is 11.6 Å². The number of morpholine rings is 1. The molecule has 0 aliphatic carbocycles. The zero-order valence-corrected chi connectivity index (χ0v) is 15.9. The highest BCUT2D eigenvalue weighted by molar-refractivity contribution is 7.99. The number of carbonyl (C=O) groups is 1. The zero-order chi connectivity index (χ0) is 17.6. The van der Waals surface area contributed by atoms with Crippen molar-refractivity contribution in [2.24, 2.45) is 7.05 Å². The quantitative estimate of drug-likeness (QED) is 0.420. The van der Waals surface area contributed by atoms with Crippen molar-refractivity contribution in [3.63, 3.8) is 0 Å². The predicted molar refractivity (Wildman–Crippen MR) is 101 cm³/mol. The molecule has 0 saturated carbocycles. The Bertz CT molecular complexity index is 712. The molecule has 25 heavy (non-hydrogen) atoms. The van der Waals surface area contributed by atoms with Crippen LogP contribution in [0.5, 0.6) is 0 Å². The normalized spacial score (nSPS) is 15.4. The van der Waals surface area contributed by atoms with Gasteiger partial charge in [-0.1, -0.05) is 23.4 Å². The SMILES string of the molecule is Cn1c(C(=O)c2ccc(Cl)cc2)cnc1SCCCN1CCOCC1. The molecule has 1 aromatic heterocycles. The Morgan fingerprint density at radius 3 is 2.72 bits per heavy atom. The van der Waals surface area contributed by atoms with Crippen LogP contribution in [-0.2, 0) is 11.8 Å². The third-order valence-electron chi connectivity index (χ3n) is 4.24. The number of ketones is 1. The van der Waals surface area contributed by atoms with Crippen molar-refractivity contribution in [3.05, 3.63) is 46.7 Å². The van der Waals surface area contributed by atoms with E-state index in [2.05, 4.69) is 9.88 Å². The van der Waals surface area contributed by atoms with Crippen LogP contribution < -0.4 is 0 Å². The van der Waals surface area contributed by atoms with Crippen LogP contribution in [0.4, 0.5) is 0 Å². The summed E-state index contributed by atoms with van der Waals surface area (Å²) in [5.74, 6) is 0.948.